The molecule has 31 heavy (non-hydrogen) atoms. The average Bonchev–Trinajstić information content (AvgIpc) is 3.09. The number of pyridine rings is 1. The number of fused-ring (bicyclic) bond motifs is 1. The van der Waals surface area contributed by atoms with Crippen LogP contribution in [0.3, 0.4) is 0 Å². The van der Waals surface area contributed by atoms with Gasteiger partial charge in [0.25, 0.3) is 5.91 Å². The van der Waals surface area contributed by atoms with Crippen molar-refractivity contribution in [1.29, 1.82) is 0 Å². The van der Waals surface area contributed by atoms with E-state index in [4.69, 9.17) is 0 Å². The van der Waals surface area contributed by atoms with Crippen molar-refractivity contribution >= 4 is 28.7 Å². The molecule has 2 aromatic carbocycles. The van der Waals surface area contributed by atoms with Crippen LogP contribution in [0.1, 0.15) is 27.3 Å². The molecule has 1 amide bonds. The molecule has 0 aliphatic rings. The topological polar surface area (TPSA) is 59.8 Å². The summed E-state index contributed by atoms with van der Waals surface area (Å²) in [5.74, 6) is -0.520. The number of halogens is 1. The smallest absolute Gasteiger partial charge is 0.252 e. The highest BCUT2D eigenvalue weighted by atomic mass is 32.2. The lowest BCUT2D eigenvalue weighted by atomic mass is 10.1. The summed E-state index contributed by atoms with van der Waals surface area (Å²) in [6.45, 7) is 4.19. The Morgan fingerprint density at radius 3 is 2.61 bits per heavy atom. The lowest BCUT2D eigenvalue weighted by Gasteiger charge is -2.09. The largest absolute Gasteiger partial charge is 0.352 e. The maximum absolute atomic E-state index is 13.7. The zero-order valence-electron chi connectivity index (χ0n) is 17.6. The van der Waals surface area contributed by atoms with Crippen molar-refractivity contribution in [2.45, 2.75) is 25.2 Å². The number of rotatable bonds is 6. The lowest BCUT2D eigenvalue weighted by molar-refractivity contribution is 0.0955. The monoisotopic (exact) mass is 434 g/mol. The van der Waals surface area contributed by atoms with Crippen LogP contribution in [0.25, 0.3) is 16.7 Å². The van der Waals surface area contributed by atoms with Crippen LogP contribution < -0.4 is 5.32 Å². The predicted molar refractivity (Wildman–Crippen MR) is 123 cm³/mol. The molecule has 0 fully saturated rings. The van der Waals surface area contributed by atoms with Gasteiger partial charge in [-0.2, -0.15) is 5.10 Å². The number of benzene rings is 2. The second kappa shape index (κ2) is 8.89. The molecular weight excluding hydrogens is 411 g/mol. The highest BCUT2D eigenvalue weighted by molar-refractivity contribution is 7.98. The first-order chi connectivity index (χ1) is 15.0. The minimum Gasteiger partial charge on any atom is -0.352 e. The summed E-state index contributed by atoms with van der Waals surface area (Å²) in [4.78, 5) is 18.8. The summed E-state index contributed by atoms with van der Waals surface area (Å²) in [5, 5.41) is 8.22. The molecule has 158 valence electrons. The predicted octanol–water partition coefficient (Wildman–Crippen LogP) is 4.87. The van der Waals surface area contributed by atoms with E-state index in [1.54, 1.807) is 34.6 Å². The Balaban J connectivity index is 1.60. The summed E-state index contributed by atoms with van der Waals surface area (Å²) in [7, 11) is 0. The number of aromatic nitrogens is 3. The molecule has 0 saturated heterocycles. The molecule has 2 heterocycles. The molecular formula is C24H23FN4OS. The van der Waals surface area contributed by atoms with Crippen molar-refractivity contribution in [3.05, 3.63) is 82.9 Å². The molecule has 0 radical (unpaired) electrons. The maximum Gasteiger partial charge on any atom is 0.252 e. The lowest BCUT2D eigenvalue weighted by Crippen LogP contribution is -2.26. The van der Waals surface area contributed by atoms with Crippen LogP contribution >= 0.6 is 11.8 Å². The number of carbonyl (C=O) groups excluding carboxylic acids is 1. The van der Waals surface area contributed by atoms with Gasteiger partial charge in [-0.05, 0) is 68.5 Å². The van der Waals surface area contributed by atoms with E-state index in [1.165, 1.54) is 22.6 Å². The number of hydrogen-bond acceptors (Lipinski definition) is 4. The summed E-state index contributed by atoms with van der Waals surface area (Å²) >= 11 is 1.70. The first kappa shape index (κ1) is 21.1. The van der Waals surface area contributed by atoms with Crippen LogP contribution in [0.5, 0.6) is 0 Å². The summed E-state index contributed by atoms with van der Waals surface area (Å²) in [6, 6.07) is 16.3. The number of thioether (sulfide) groups is 1. The fraction of sp³-hybridized carbons (Fsp3) is 0.208. The molecule has 0 saturated carbocycles. The van der Waals surface area contributed by atoms with E-state index in [1.807, 2.05) is 20.1 Å². The molecule has 0 bridgehead atoms. The molecule has 0 spiro atoms. The van der Waals surface area contributed by atoms with Crippen LogP contribution in [0.4, 0.5) is 4.39 Å². The number of carbonyl (C=O) groups is 1. The summed E-state index contributed by atoms with van der Waals surface area (Å²) in [6.07, 6.45) is 2.79. The van der Waals surface area contributed by atoms with Gasteiger partial charge in [0, 0.05) is 17.1 Å². The Morgan fingerprint density at radius 1 is 1.13 bits per heavy atom. The Kier molecular flexibility index (Phi) is 6.04. The molecule has 0 unspecified atom stereocenters. The molecule has 0 aliphatic heterocycles. The molecule has 1 N–H and O–H groups in total. The van der Waals surface area contributed by atoms with Crippen LogP contribution in [0.15, 0.2) is 59.5 Å². The van der Waals surface area contributed by atoms with Gasteiger partial charge in [0.15, 0.2) is 5.65 Å². The third-order valence-corrected chi connectivity index (χ3v) is 5.84. The average molecular weight is 435 g/mol. The molecule has 2 aromatic heterocycles. The van der Waals surface area contributed by atoms with Gasteiger partial charge in [-0.3, -0.25) is 4.79 Å². The molecule has 4 aromatic rings. The van der Waals surface area contributed by atoms with Crippen molar-refractivity contribution in [2.24, 2.45) is 0 Å². The summed E-state index contributed by atoms with van der Waals surface area (Å²) in [5.41, 5.74) is 4.18. The van der Waals surface area contributed by atoms with E-state index >= 15 is 0 Å². The molecule has 0 atom stereocenters. The zero-order chi connectivity index (χ0) is 22.0. The van der Waals surface area contributed by atoms with Gasteiger partial charge in [-0.15, -0.1) is 11.8 Å². The van der Waals surface area contributed by atoms with E-state index in [-0.39, 0.29) is 11.7 Å². The van der Waals surface area contributed by atoms with Crippen molar-refractivity contribution in [3.63, 3.8) is 0 Å². The van der Waals surface area contributed by atoms with E-state index in [0.29, 0.717) is 40.2 Å². The first-order valence-corrected chi connectivity index (χ1v) is 11.2. The van der Waals surface area contributed by atoms with E-state index in [9.17, 15) is 9.18 Å². The van der Waals surface area contributed by atoms with E-state index < -0.39 is 0 Å². The van der Waals surface area contributed by atoms with Crippen molar-refractivity contribution in [3.8, 4) is 5.69 Å². The first-order valence-electron chi connectivity index (χ1n) is 10.0. The third kappa shape index (κ3) is 4.46. The van der Waals surface area contributed by atoms with Gasteiger partial charge in [0.05, 0.1) is 22.3 Å². The number of aryl methyl sites for hydroxylation is 2. The number of hydrogen-bond donors (Lipinski definition) is 1. The normalized spacial score (nSPS) is 11.1. The van der Waals surface area contributed by atoms with Crippen molar-refractivity contribution in [1.82, 2.24) is 20.1 Å². The highest BCUT2D eigenvalue weighted by Gasteiger charge is 2.19. The number of nitrogens with zero attached hydrogens (tertiary/aromatic N) is 3. The fourth-order valence-electron chi connectivity index (χ4n) is 3.59. The van der Waals surface area contributed by atoms with E-state index in [2.05, 4.69) is 39.7 Å². The second-order valence-electron chi connectivity index (χ2n) is 7.34. The number of nitrogens with one attached hydrogen (secondary N) is 1. The molecule has 4 rings (SSSR count). The van der Waals surface area contributed by atoms with Gasteiger partial charge in [0.1, 0.15) is 5.82 Å². The molecule has 5 nitrogen and oxygen atoms in total. The molecule has 7 heteroatoms. The standard InChI is InChI=1S/C24H23FN4OS/c1-15-13-21(24(30)26-12-11-17-7-9-20(31-3)10-8-17)22-16(2)28-29(23(22)27-15)19-6-4-5-18(25)14-19/h4-10,13-14H,11-12H2,1-3H3,(H,26,30). The van der Waals surface area contributed by atoms with Crippen LogP contribution in [0, 0.1) is 19.7 Å². The van der Waals surface area contributed by atoms with Gasteiger partial charge in [0.2, 0.25) is 0 Å². The quantitative estimate of drug-likeness (QED) is 0.440. The van der Waals surface area contributed by atoms with Crippen LogP contribution in [-0.4, -0.2) is 33.5 Å². The Morgan fingerprint density at radius 2 is 1.90 bits per heavy atom. The van der Waals surface area contributed by atoms with Crippen molar-refractivity contribution < 1.29 is 9.18 Å². The fourth-order valence-corrected chi connectivity index (χ4v) is 4.00. The van der Waals surface area contributed by atoms with Crippen LogP contribution in [-0.2, 0) is 6.42 Å². The van der Waals surface area contributed by atoms with Gasteiger partial charge >= 0.3 is 0 Å². The minimum absolute atomic E-state index is 0.168. The van der Waals surface area contributed by atoms with Gasteiger partial charge in [-0.25, -0.2) is 14.1 Å². The zero-order valence-corrected chi connectivity index (χ0v) is 18.5. The van der Waals surface area contributed by atoms with Gasteiger partial charge < -0.3 is 5.32 Å². The Bertz CT molecular complexity index is 1250. The number of amides is 1. The Labute approximate surface area is 184 Å². The summed E-state index contributed by atoms with van der Waals surface area (Å²) < 4.78 is 15.3. The third-order valence-electron chi connectivity index (χ3n) is 5.10. The SMILES string of the molecule is CSc1ccc(CCNC(=O)c2cc(C)nc3c2c(C)nn3-c2cccc(F)c2)cc1. The van der Waals surface area contributed by atoms with Crippen LogP contribution in [0.2, 0.25) is 0 Å². The van der Waals surface area contributed by atoms with E-state index in [0.717, 1.165) is 6.42 Å². The van der Waals surface area contributed by atoms with Gasteiger partial charge in [-0.1, -0.05) is 18.2 Å². The minimum atomic E-state index is -0.352. The van der Waals surface area contributed by atoms with Crippen molar-refractivity contribution in [2.75, 3.05) is 12.8 Å². The highest BCUT2D eigenvalue weighted by Crippen LogP contribution is 2.25. The maximum atomic E-state index is 13.7. The Hall–Kier alpha value is -3.19. The molecule has 0 aliphatic carbocycles. The second-order valence-corrected chi connectivity index (χ2v) is 8.22.